The van der Waals surface area contributed by atoms with Crippen molar-refractivity contribution in [2.24, 2.45) is 0 Å². The number of methoxy groups -OCH3 is 1. The van der Waals surface area contributed by atoms with Crippen molar-refractivity contribution in [3.8, 4) is 23.1 Å². The highest BCUT2D eigenvalue weighted by atomic mass is 35.5. The zero-order chi connectivity index (χ0) is 24.6. The summed E-state index contributed by atoms with van der Waals surface area (Å²) < 4.78 is 17.5. The number of aromatic nitrogens is 2. The van der Waals surface area contributed by atoms with Crippen molar-refractivity contribution >= 4 is 34.2 Å². The van der Waals surface area contributed by atoms with E-state index in [2.05, 4.69) is 20.6 Å². The molecule has 0 bridgehead atoms. The first kappa shape index (κ1) is 24.1. The molecule has 4 rings (SSSR count). The van der Waals surface area contributed by atoms with Gasteiger partial charge in [0.25, 0.3) is 0 Å². The molecule has 0 aliphatic heterocycles. The topological polar surface area (TPSA) is 94.6 Å². The van der Waals surface area contributed by atoms with E-state index in [4.69, 9.17) is 25.8 Å². The van der Waals surface area contributed by atoms with E-state index in [-0.39, 0.29) is 6.03 Å². The van der Waals surface area contributed by atoms with Crippen LogP contribution in [0.15, 0.2) is 67.0 Å². The average molecular weight is 493 g/mol. The summed E-state index contributed by atoms with van der Waals surface area (Å²) in [7, 11) is 1.57. The molecule has 0 saturated carbocycles. The van der Waals surface area contributed by atoms with Gasteiger partial charge in [-0.25, -0.2) is 14.8 Å². The molecular weight excluding hydrogens is 468 g/mol. The number of anilines is 1. The Morgan fingerprint density at radius 2 is 1.86 bits per heavy atom. The number of nitrogens with one attached hydrogen (secondary N) is 2. The molecule has 35 heavy (non-hydrogen) atoms. The molecule has 0 unspecified atom stereocenters. The Labute approximate surface area is 208 Å². The van der Waals surface area contributed by atoms with E-state index in [1.54, 1.807) is 37.4 Å². The number of carbonyl (C=O) groups is 1. The Balaban J connectivity index is 1.54. The molecule has 180 valence electrons. The van der Waals surface area contributed by atoms with E-state index < -0.39 is 0 Å². The average Bonchev–Trinajstić information content (AvgIpc) is 2.88. The van der Waals surface area contributed by atoms with Crippen LogP contribution in [0, 0.1) is 0 Å². The highest BCUT2D eigenvalue weighted by Crippen LogP contribution is 2.37. The zero-order valence-electron chi connectivity index (χ0n) is 19.4. The smallest absolute Gasteiger partial charge is 0.319 e. The van der Waals surface area contributed by atoms with Gasteiger partial charge >= 0.3 is 6.03 Å². The third-order valence-electron chi connectivity index (χ3n) is 5.06. The Hall–Kier alpha value is -4.04. The molecule has 0 aliphatic carbocycles. The van der Waals surface area contributed by atoms with Crippen LogP contribution in [0.5, 0.6) is 23.1 Å². The van der Waals surface area contributed by atoms with E-state index in [0.29, 0.717) is 57.9 Å². The standard InChI is InChI=1S/C26H25ClN4O4/c1-3-11-28-26(32)31-21-10-9-18(12-20(21)27)35-25-19-13-23(33-2)24(14-22(19)29-16-30-25)34-15-17-7-5-4-6-8-17/h4-10,12-14,16H,3,11,15H2,1-2H3,(H2,28,31,32). The van der Waals surface area contributed by atoms with Crippen molar-refractivity contribution in [2.75, 3.05) is 19.0 Å². The van der Waals surface area contributed by atoms with Crippen molar-refractivity contribution in [3.63, 3.8) is 0 Å². The van der Waals surface area contributed by atoms with Crippen molar-refractivity contribution in [2.45, 2.75) is 20.0 Å². The van der Waals surface area contributed by atoms with Crippen LogP contribution in [0.1, 0.15) is 18.9 Å². The second-order valence-corrected chi connectivity index (χ2v) is 8.01. The van der Waals surface area contributed by atoms with Crippen molar-refractivity contribution in [1.29, 1.82) is 0 Å². The van der Waals surface area contributed by atoms with E-state index in [1.165, 1.54) is 6.33 Å². The molecule has 0 radical (unpaired) electrons. The van der Waals surface area contributed by atoms with Crippen LogP contribution < -0.4 is 24.8 Å². The van der Waals surface area contributed by atoms with Crippen LogP contribution >= 0.6 is 11.6 Å². The number of nitrogens with zero attached hydrogens (tertiary/aromatic N) is 2. The number of urea groups is 1. The van der Waals surface area contributed by atoms with Gasteiger partial charge in [-0.1, -0.05) is 48.9 Å². The van der Waals surface area contributed by atoms with Gasteiger partial charge in [-0.15, -0.1) is 0 Å². The fourth-order valence-electron chi connectivity index (χ4n) is 3.31. The maximum atomic E-state index is 11.9. The minimum absolute atomic E-state index is 0.318. The summed E-state index contributed by atoms with van der Waals surface area (Å²) in [4.78, 5) is 20.5. The number of halogens is 1. The monoisotopic (exact) mass is 492 g/mol. The minimum atomic E-state index is -0.318. The van der Waals surface area contributed by atoms with Gasteiger partial charge in [-0.05, 0) is 30.2 Å². The Morgan fingerprint density at radius 3 is 2.60 bits per heavy atom. The second kappa shape index (κ2) is 11.4. The molecule has 1 heterocycles. The third-order valence-corrected chi connectivity index (χ3v) is 5.37. The molecule has 9 heteroatoms. The first-order valence-corrected chi connectivity index (χ1v) is 11.5. The maximum absolute atomic E-state index is 11.9. The molecular formula is C26H25ClN4O4. The van der Waals surface area contributed by atoms with E-state index >= 15 is 0 Å². The first-order valence-electron chi connectivity index (χ1n) is 11.1. The number of carbonyl (C=O) groups excluding carboxylic acids is 1. The summed E-state index contributed by atoms with van der Waals surface area (Å²) in [6.07, 6.45) is 2.26. The van der Waals surface area contributed by atoms with E-state index in [0.717, 1.165) is 12.0 Å². The lowest BCUT2D eigenvalue weighted by atomic mass is 10.2. The predicted molar refractivity (Wildman–Crippen MR) is 136 cm³/mol. The number of amides is 2. The molecule has 0 aliphatic rings. The van der Waals surface area contributed by atoms with Gasteiger partial charge in [0.05, 0.1) is 28.7 Å². The van der Waals surface area contributed by atoms with Gasteiger partial charge in [0.15, 0.2) is 11.5 Å². The van der Waals surface area contributed by atoms with Crippen LogP contribution in [-0.2, 0) is 6.61 Å². The molecule has 2 amide bonds. The molecule has 0 spiro atoms. The second-order valence-electron chi connectivity index (χ2n) is 7.60. The van der Waals surface area contributed by atoms with Crippen LogP contribution in [0.4, 0.5) is 10.5 Å². The Bertz CT molecular complexity index is 1320. The van der Waals surface area contributed by atoms with E-state index in [9.17, 15) is 4.79 Å². The normalized spacial score (nSPS) is 10.6. The van der Waals surface area contributed by atoms with Crippen LogP contribution in [0.3, 0.4) is 0 Å². The highest BCUT2D eigenvalue weighted by molar-refractivity contribution is 6.33. The lowest BCUT2D eigenvalue weighted by Crippen LogP contribution is -2.29. The van der Waals surface area contributed by atoms with Crippen molar-refractivity contribution in [1.82, 2.24) is 15.3 Å². The lowest BCUT2D eigenvalue weighted by molar-refractivity contribution is 0.252. The van der Waals surface area contributed by atoms with Gasteiger partial charge in [-0.2, -0.15) is 0 Å². The lowest BCUT2D eigenvalue weighted by Gasteiger charge is -2.14. The van der Waals surface area contributed by atoms with Crippen molar-refractivity contribution < 1.29 is 19.0 Å². The summed E-state index contributed by atoms with van der Waals surface area (Å²) in [5.41, 5.74) is 2.15. The summed E-state index contributed by atoms with van der Waals surface area (Å²) in [5, 5.41) is 6.44. The van der Waals surface area contributed by atoms with E-state index in [1.807, 2.05) is 37.3 Å². The SMILES string of the molecule is CCCNC(=O)Nc1ccc(Oc2ncnc3cc(OCc4ccccc4)c(OC)cc23)cc1Cl. The van der Waals surface area contributed by atoms with Gasteiger partial charge in [0, 0.05) is 18.7 Å². The van der Waals surface area contributed by atoms with Gasteiger partial charge in [-0.3, -0.25) is 0 Å². The highest BCUT2D eigenvalue weighted by Gasteiger charge is 2.14. The number of hydrogen-bond acceptors (Lipinski definition) is 6. The first-order chi connectivity index (χ1) is 17.1. The molecule has 8 nitrogen and oxygen atoms in total. The fraction of sp³-hybridized carbons (Fsp3) is 0.192. The van der Waals surface area contributed by atoms with Gasteiger partial charge in [0.2, 0.25) is 5.88 Å². The summed E-state index contributed by atoms with van der Waals surface area (Å²) >= 11 is 6.35. The fourth-order valence-corrected chi connectivity index (χ4v) is 3.52. The number of hydrogen-bond donors (Lipinski definition) is 2. The van der Waals surface area contributed by atoms with Gasteiger partial charge in [0.1, 0.15) is 18.7 Å². The summed E-state index contributed by atoms with van der Waals surface area (Å²) in [6.45, 7) is 2.95. The molecule has 4 aromatic rings. The third kappa shape index (κ3) is 6.10. The molecule has 0 fully saturated rings. The number of fused-ring (bicyclic) bond motifs is 1. The molecule has 1 aromatic heterocycles. The van der Waals surface area contributed by atoms with Crippen LogP contribution in [0.25, 0.3) is 10.9 Å². The number of rotatable bonds is 9. The zero-order valence-corrected chi connectivity index (χ0v) is 20.1. The van der Waals surface area contributed by atoms with Crippen LogP contribution in [-0.4, -0.2) is 29.7 Å². The summed E-state index contributed by atoms with van der Waals surface area (Å²) in [5.74, 6) is 1.88. The number of benzene rings is 3. The predicted octanol–water partition coefficient (Wildman–Crippen LogP) is 6.19. The molecule has 0 saturated heterocycles. The van der Waals surface area contributed by atoms with Crippen LogP contribution in [0.2, 0.25) is 5.02 Å². The maximum Gasteiger partial charge on any atom is 0.319 e. The minimum Gasteiger partial charge on any atom is -0.493 e. The molecule has 3 aromatic carbocycles. The quantitative estimate of drug-likeness (QED) is 0.289. The molecule has 2 N–H and O–H groups in total. The Morgan fingerprint density at radius 1 is 1.03 bits per heavy atom. The van der Waals surface area contributed by atoms with Crippen molar-refractivity contribution in [3.05, 3.63) is 77.6 Å². The van der Waals surface area contributed by atoms with Gasteiger partial charge < -0.3 is 24.8 Å². The summed E-state index contributed by atoms with van der Waals surface area (Å²) in [6, 6.07) is 18.1. The molecule has 0 atom stereocenters. The Kier molecular flexibility index (Phi) is 7.84. The largest absolute Gasteiger partial charge is 0.493 e. The number of ether oxygens (including phenoxy) is 3.